The molecule has 0 saturated carbocycles. The Hall–Kier alpha value is -3.35. The number of hydrogen-bond donors (Lipinski definition) is 3. The van der Waals surface area contributed by atoms with Crippen LogP contribution in [0.25, 0.3) is 11.1 Å². The predicted octanol–water partition coefficient (Wildman–Crippen LogP) is 3.28. The molecule has 0 aliphatic heterocycles. The van der Waals surface area contributed by atoms with Crippen LogP contribution >= 0.6 is 0 Å². The highest BCUT2D eigenvalue weighted by Crippen LogP contribution is 2.44. The number of ether oxygens (including phenoxy) is 1. The van der Waals surface area contributed by atoms with Gasteiger partial charge in [-0.05, 0) is 41.5 Å². The van der Waals surface area contributed by atoms with Gasteiger partial charge in [0.15, 0.2) is 0 Å². The predicted molar refractivity (Wildman–Crippen MR) is 112 cm³/mol. The summed E-state index contributed by atoms with van der Waals surface area (Å²) in [4.78, 5) is 34.6. The maximum absolute atomic E-state index is 12.3. The molecular formula is C23H26N2O5. The summed E-state index contributed by atoms with van der Waals surface area (Å²) in [5, 5.41) is 14.5. The molecule has 1 aliphatic rings. The van der Waals surface area contributed by atoms with Crippen molar-refractivity contribution in [3.63, 3.8) is 0 Å². The van der Waals surface area contributed by atoms with Gasteiger partial charge in [0, 0.05) is 19.4 Å². The summed E-state index contributed by atoms with van der Waals surface area (Å²) >= 11 is 0. The van der Waals surface area contributed by atoms with Crippen molar-refractivity contribution in [1.29, 1.82) is 0 Å². The van der Waals surface area contributed by atoms with Crippen molar-refractivity contribution in [2.24, 2.45) is 0 Å². The third-order valence-electron chi connectivity index (χ3n) is 5.23. The van der Waals surface area contributed by atoms with Crippen LogP contribution in [0, 0.1) is 0 Å². The number of amides is 2. The van der Waals surface area contributed by atoms with Crippen molar-refractivity contribution in [2.45, 2.75) is 38.1 Å². The Labute approximate surface area is 175 Å². The number of nitrogens with one attached hydrogen (secondary N) is 2. The minimum absolute atomic E-state index is 0.0796. The highest BCUT2D eigenvalue weighted by molar-refractivity contribution is 5.81. The van der Waals surface area contributed by atoms with Gasteiger partial charge in [0.05, 0.1) is 0 Å². The van der Waals surface area contributed by atoms with E-state index in [1.54, 1.807) is 0 Å². The zero-order valence-corrected chi connectivity index (χ0v) is 16.9. The third kappa shape index (κ3) is 5.17. The number of carboxylic acid groups (broad SMARTS) is 1. The number of benzene rings is 2. The Morgan fingerprint density at radius 1 is 1.00 bits per heavy atom. The zero-order valence-electron chi connectivity index (χ0n) is 16.9. The third-order valence-corrected chi connectivity index (χ3v) is 5.23. The van der Waals surface area contributed by atoms with Gasteiger partial charge in [-0.3, -0.25) is 4.79 Å². The summed E-state index contributed by atoms with van der Waals surface area (Å²) < 4.78 is 5.41. The number of alkyl carbamates (subject to hydrolysis) is 1. The molecule has 2 aromatic carbocycles. The number of rotatable bonds is 9. The maximum Gasteiger partial charge on any atom is 0.407 e. The number of fused-ring (bicyclic) bond motifs is 3. The average molecular weight is 410 g/mol. The van der Waals surface area contributed by atoms with E-state index in [4.69, 9.17) is 4.74 Å². The van der Waals surface area contributed by atoms with Crippen molar-refractivity contribution < 1.29 is 24.2 Å². The summed E-state index contributed by atoms with van der Waals surface area (Å²) in [7, 11) is 0. The molecule has 0 fully saturated rings. The maximum atomic E-state index is 12.3. The highest BCUT2D eigenvalue weighted by Gasteiger charge is 2.29. The smallest absolute Gasteiger partial charge is 0.407 e. The number of hydrogen-bond acceptors (Lipinski definition) is 4. The van der Waals surface area contributed by atoms with Gasteiger partial charge >= 0.3 is 12.1 Å². The minimum Gasteiger partial charge on any atom is -0.480 e. The molecule has 0 saturated heterocycles. The number of carbonyl (C=O) groups excluding carboxylic acids is 2. The highest BCUT2D eigenvalue weighted by atomic mass is 16.5. The van der Waals surface area contributed by atoms with E-state index in [0.29, 0.717) is 19.4 Å². The largest absolute Gasteiger partial charge is 0.480 e. The Bertz CT molecular complexity index is 882. The van der Waals surface area contributed by atoms with Crippen molar-refractivity contribution in [3.8, 4) is 11.1 Å². The van der Waals surface area contributed by atoms with Gasteiger partial charge in [-0.25, -0.2) is 9.59 Å². The lowest BCUT2D eigenvalue weighted by Crippen LogP contribution is -2.41. The Morgan fingerprint density at radius 3 is 2.17 bits per heavy atom. The molecular weight excluding hydrogens is 384 g/mol. The summed E-state index contributed by atoms with van der Waals surface area (Å²) in [5.74, 6) is -1.31. The topological polar surface area (TPSA) is 105 Å². The second-order valence-corrected chi connectivity index (χ2v) is 7.34. The zero-order chi connectivity index (χ0) is 21.5. The molecule has 2 amide bonds. The molecule has 0 bridgehead atoms. The van der Waals surface area contributed by atoms with E-state index in [9.17, 15) is 19.5 Å². The van der Waals surface area contributed by atoms with E-state index < -0.39 is 18.1 Å². The Kier molecular flexibility index (Phi) is 7.06. The number of aliphatic carboxylic acids is 1. The molecule has 3 rings (SSSR count). The van der Waals surface area contributed by atoms with Crippen LogP contribution in [-0.2, 0) is 14.3 Å². The summed E-state index contributed by atoms with van der Waals surface area (Å²) in [5.41, 5.74) is 4.45. The standard InChI is InChI=1S/C23H26N2O5/c1-15(26)24-13-7-6-12-21(22(27)28)25-23(29)30-14-20-18-10-4-2-8-16(18)17-9-3-5-11-19(17)20/h2-5,8-11,20-21H,6-7,12-14H2,1H3,(H,24,26)(H,25,29)(H,27,28). The first-order valence-corrected chi connectivity index (χ1v) is 10.1. The van der Waals surface area contributed by atoms with Crippen LogP contribution < -0.4 is 10.6 Å². The van der Waals surface area contributed by atoms with E-state index in [0.717, 1.165) is 22.3 Å². The lowest BCUT2D eigenvalue weighted by Gasteiger charge is -2.17. The first kappa shape index (κ1) is 21.4. The Morgan fingerprint density at radius 2 is 1.60 bits per heavy atom. The van der Waals surface area contributed by atoms with Crippen LogP contribution in [0.2, 0.25) is 0 Å². The normalized spacial score (nSPS) is 13.1. The van der Waals surface area contributed by atoms with E-state index in [-0.39, 0.29) is 24.9 Å². The SMILES string of the molecule is CC(=O)NCCCCC(NC(=O)OCC1c2ccccc2-c2ccccc21)C(=O)O. The lowest BCUT2D eigenvalue weighted by molar-refractivity contribution is -0.139. The first-order chi connectivity index (χ1) is 14.5. The lowest BCUT2D eigenvalue weighted by atomic mass is 9.98. The molecule has 7 heteroatoms. The van der Waals surface area contributed by atoms with Crippen LogP contribution in [0.3, 0.4) is 0 Å². The molecule has 0 radical (unpaired) electrons. The number of unbranched alkanes of at least 4 members (excludes halogenated alkanes) is 1. The van der Waals surface area contributed by atoms with Crippen LogP contribution in [0.5, 0.6) is 0 Å². The summed E-state index contributed by atoms with van der Waals surface area (Å²) in [6.07, 6.45) is 0.710. The van der Waals surface area contributed by atoms with Crippen molar-refractivity contribution in [2.75, 3.05) is 13.2 Å². The number of carboxylic acids is 1. The summed E-state index contributed by atoms with van der Waals surface area (Å²) in [6, 6.07) is 15.0. The van der Waals surface area contributed by atoms with Crippen LogP contribution in [0.4, 0.5) is 4.79 Å². The fourth-order valence-corrected chi connectivity index (χ4v) is 3.78. The monoisotopic (exact) mass is 410 g/mol. The summed E-state index contributed by atoms with van der Waals surface area (Å²) in [6.45, 7) is 2.04. The van der Waals surface area contributed by atoms with Gasteiger partial charge in [-0.2, -0.15) is 0 Å². The fraction of sp³-hybridized carbons (Fsp3) is 0.348. The van der Waals surface area contributed by atoms with Crippen LogP contribution in [0.15, 0.2) is 48.5 Å². The Balaban J connectivity index is 1.54. The van der Waals surface area contributed by atoms with E-state index >= 15 is 0 Å². The molecule has 1 unspecified atom stereocenters. The van der Waals surface area contributed by atoms with Gasteiger partial charge in [0.2, 0.25) is 5.91 Å². The van der Waals surface area contributed by atoms with Crippen molar-refractivity contribution in [1.82, 2.24) is 10.6 Å². The molecule has 2 aromatic rings. The second-order valence-electron chi connectivity index (χ2n) is 7.34. The first-order valence-electron chi connectivity index (χ1n) is 10.1. The molecule has 158 valence electrons. The van der Waals surface area contributed by atoms with E-state index in [2.05, 4.69) is 22.8 Å². The molecule has 1 aliphatic carbocycles. The fourth-order valence-electron chi connectivity index (χ4n) is 3.78. The van der Waals surface area contributed by atoms with E-state index in [1.165, 1.54) is 6.92 Å². The molecule has 30 heavy (non-hydrogen) atoms. The molecule has 0 heterocycles. The van der Waals surface area contributed by atoms with Gasteiger partial charge < -0.3 is 20.5 Å². The van der Waals surface area contributed by atoms with Crippen LogP contribution in [0.1, 0.15) is 43.2 Å². The molecule has 1 atom stereocenters. The van der Waals surface area contributed by atoms with Gasteiger partial charge in [-0.15, -0.1) is 0 Å². The van der Waals surface area contributed by atoms with Crippen LogP contribution in [-0.4, -0.2) is 42.3 Å². The van der Waals surface area contributed by atoms with Crippen molar-refractivity contribution >= 4 is 18.0 Å². The molecule has 0 aromatic heterocycles. The van der Waals surface area contributed by atoms with Gasteiger partial charge in [0.25, 0.3) is 0 Å². The minimum atomic E-state index is -1.11. The van der Waals surface area contributed by atoms with Gasteiger partial charge in [-0.1, -0.05) is 48.5 Å². The average Bonchev–Trinajstić information content (AvgIpc) is 3.04. The second kappa shape index (κ2) is 9.91. The molecule has 0 spiro atoms. The quantitative estimate of drug-likeness (QED) is 0.550. The van der Waals surface area contributed by atoms with E-state index in [1.807, 2.05) is 36.4 Å². The van der Waals surface area contributed by atoms with Gasteiger partial charge in [0.1, 0.15) is 12.6 Å². The number of carbonyl (C=O) groups is 3. The van der Waals surface area contributed by atoms with Crippen molar-refractivity contribution in [3.05, 3.63) is 59.7 Å². The molecule has 7 nitrogen and oxygen atoms in total. The molecule has 3 N–H and O–H groups in total.